The maximum Gasteiger partial charge on any atom is 0.323 e. The van der Waals surface area contributed by atoms with E-state index >= 15 is 0 Å². The Morgan fingerprint density at radius 3 is 2.57 bits per heavy atom. The Kier molecular flexibility index (Phi) is 4.28. The average molecular weight is 350 g/mol. The Morgan fingerprint density at radius 2 is 1.87 bits per heavy atom. The van der Waals surface area contributed by atoms with E-state index in [2.05, 4.69) is 0 Å². The van der Waals surface area contributed by atoms with Crippen molar-refractivity contribution in [1.29, 1.82) is 0 Å². The van der Waals surface area contributed by atoms with Crippen LogP contribution in [0.3, 0.4) is 0 Å². The molecule has 0 fully saturated rings. The molecule has 1 aliphatic heterocycles. The van der Waals surface area contributed by atoms with Gasteiger partial charge in [0.25, 0.3) is 0 Å². The molecule has 0 bridgehead atoms. The third-order valence-electron chi connectivity index (χ3n) is 3.88. The van der Waals surface area contributed by atoms with Crippen LogP contribution in [0, 0.1) is 0 Å². The van der Waals surface area contributed by atoms with Crippen LogP contribution in [0.5, 0.6) is 0 Å². The first kappa shape index (κ1) is 15.8. The lowest BCUT2D eigenvalue weighted by atomic mass is 9.93. The fourth-order valence-corrected chi connectivity index (χ4v) is 3.19. The molecule has 118 valence electrons. The molecule has 1 unspecified atom stereocenters. The molecule has 23 heavy (non-hydrogen) atoms. The second-order valence-electron chi connectivity index (χ2n) is 5.38. The summed E-state index contributed by atoms with van der Waals surface area (Å²) < 4.78 is 0. The van der Waals surface area contributed by atoms with Gasteiger partial charge in [-0.25, -0.2) is 0 Å². The van der Waals surface area contributed by atoms with Crippen LogP contribution in [0.15, 0.2) is 42.5 Å². The van der Waals surface area contributed by atoms with E-state index in [9.17, 15) is 9.59 Å². The minimum Gasteiger partial charge on any atom is -0.480 e. The summed E-state index contributed by atoms with van der Waals surface area (Å²) >= 11 is 11.9. The van der Waals surface area contributed by atoms with Gasteiger partial charge in [-0.3, -0.25) is 9.59 Å². The van der Waals surface area contributed by atoms with Crippen LogP contribution in [0.25, 0.3) is 0 Å². The summed E-state index contributed by atoms with van der Waals surface area (Å²) in [5, 5.41) is 9.93. The van der Waals surface area contributed by atoms with Crippen molar-refractivity contribution < 1.29 is 14.7 Å². The quantitative estimate of drug-likeness (QED) is 0.914. The van der Waals surface area contributed by atoms with Gasteiger partial charge in [0.05, 0.1) is 16.0 Å². The molecule has 0 radical (unpaired) electrons. The molecule has 0 spiro atoms. The molecule has 1 amide bonds. The van der Waals surface area contributed by atoms with E-state index in [4.69, 9.17) is 28.3 Å². The molecular weight excluding hydrogens is 337 g/mol. The molecule has 3 rings (SSSR count). The van der Waals surface area contributed by atoms with Crippen molar-refractivity contribution >= 4 is 40.8 Å². The number of para-hydroxylation sites is 1. The summed E-state index contributed by atoms with van der Waals surface area (Å²) in [6, 6.07) is 12.5. The van der Waals surface area contributed by atoms with E-state index in [0.29, 0.717) is 22.2 Å². The Morgan fingerprint density at radius 1 is 1.13 bits per heavy atom. The predicted octanol–water partition coefficient (Wildman–Crippen LogP) is 3.75. The summed E-state index contributed by atoms with van der Waals surface area (Å²) in [6.45, 7) is -0.340. The second kappa shape index (κ2) is 6.22. The third-order valence-corrected chi connectivity index (χ3v) is 4.62. The lowest BCUT2D eigenvalue weighted by Gasteiger charge is -2.15. The Balaban J connectivity index is 1.94. The summed E-state index contributed by atoms with van der Waals surface area (Å²) in [5.41, 5.74) is 2.37. The van der Waals surface area contributed by atoms with E-state index in [0.717, 1.165) is 11.1 Å². The first-order valence-electron chi connectivity index (χ1n) is 7.03. The number of halogens is 2. The molecule has 1 N–H and O–H groups in total. The molecule has 0 saturated carbocycles. The fourth-order valence-electron chi connectivity index (χ4n) is 2.87. The summed E-state index contributed by atoms with van der Waals surface area (Å²) in [6.07, 6.45) is 0.447. The number of rotatable bonds is 4. The van der Waals surface area contributed by atoms with Crippen molar-refractivity contribution in [3.63, 3.8) is 0 Å². The molecule has 4 nitrogen and oxygen atoms in total. The highest BCUT2D eigenvalue weighted by Gasteiger charge is 2.37. The largest absolute Gasteiger partial charge is 0.480 e. The van der Waals surface area contributed by atoms with Crippen LogP contribution in [0.4, 0.5) is 5.69 Å². The number of carboxylic acid groups (broad SMARTS) is 1. The molecule has 6 heteroatoms. The van der Waals surface area contributed by atoms with Crippen LogP contribution in [0.2, 0.25) is 10.0 Å². The number of nitrogens with zero attached hydrogens (tertiary/aromatic N) is 1. The van der Waals surface area contributed by atoms with Gasteiger partial charge in [0.15, 0.2) is 0 Å². The predicted molar refractivity (Wildman–Crippen MR) is 89.3 cm³/mol. The number of fused-ring (bicyclic) bond motifs is 1. The van der Waals surface area contributed by atoms with Crippen molar-refractivity contribution in [2.45, 2.75) is 12.3 Å². The lowest BCUT2D eigenvalue weighted by Crippen LogP contribution is -2.34. The minimum atomic E-state index is -1.04. The van der Waals surface area contributed by atoms with E-state index in [1.807, 2.05) is 18.2 Å². The van der Waals surface area contributed by atoms with Gasteiger partial charge in [0.1, 0.15) is 6.54 Å². The zero-order valence-electron chi connectivity index (χ0n) is 12.0. The second-order valence-corrected chi connectivity index (χ2v) is 6.20. The van der Waals surface area contributed by atoms with Crippen LogP contribution in [-0.4, -0.2) is 23.5 Å². The van der Waals surface area contributed by atoms with Crippen molar-refractivity contribution in [2.75, 3.05) is 11.4 Å². The van der Waals surface area contributed by atoms with Crippen molar-refractivity contribution in [3.05, 3.63) is 63.6 Å². The third kappa shape index (κ3) is 3.05. The molecule has 2 aromatic carbocycles. The Hall–Kier alpha value is -2.04. The van der Waals surface area contributed by atoms with Gasteiger partial charge in [-0.2, -0.15) is 0 Å². The maximum absolute atomic E-state index is 12.7. The Bertz CT molecular complexity index is 791. The van der Waals surface area contributed by atoms with Crippen molar-refractivity contribution in [3.8, 4) is 0 Å². The van der Waals surface area contributed by atoms with Crippen molar-refractivity contribution in [1.82, 2.24) is 0 Å². The molecule has 0 aliphatic carbocycles. The zero-order valence-corrected chi connectivity index (χ0v) is 13.5. The number of carbonyl (C=O) groups is 2. The van der Waals surface area contributed by atoms with Gasteiger partial charge in [-0.05, 0) is 35.7 Å². The number of benzene rings is 2. The molecule has 0 aromatic heterocycles. The minimum absolute atomic E-state index is 0.209. The normalized spacial score (nSPS) is 16.5. The summed E-state index contributed by atoms with van der Waals surface area (Å²) in [4.78, 5) is 25.0. The first-order valence-corrected chi connectivity index (χ1v) is 7.79. The summed E-state index contributed by atoms with van der Waals surface area (Å²) in [7, 11) is 0. The standard InChI is InChI=1S/C17H13Cl2NO3/c18-13-6-5-10(8-14(13)19)7-12-11-3-1-2-4-15(11)20(17(12)23)9-16(21)22/h1-6,8,12H,7,9H2,(H,21,22). The molecular formula is C17H13Cl2NO3. The van der Waals surface area contributed by atoms with Crippen LogP contribution < -0.4 is 4.90 Å². The van der Waals surface area contributed by atoms with Gasteiger partial charge in [0.2, 0.25) is 5.91 Å². The number of amides is 1. The molecule has 2 aromatic rings. The van der Waals surface area contributed by atoms with Gasteiger partial charge in [0, 0.05) is 5.69 Å². The molecule has 1 heterocycles. The molecule has 0 saturated heterocycles. The lowest BCUT2D eigenvalue weighted by molar-refractivity contribution is -0.136. The van der Waals surface area contributed by atoms with Gasteiger partial charge in [-0.1, -0.05) is 47.5 Å². The van der Waals surface area contributed by atoms with Crippen LogP contribution >= 0.6 is 23.2 Å². The van der Waals surface area contributed by atoms with Gasteiger partial charge >= 0.3 is 5.97 Å². The van der Waals surface area contributed by atoms with E-state index in [1.165, 1.54) is 4.90 Å². The smallest absolute Gasteiger partial charge is 0.323 e. The first-order chi connectivity index (χ1) is 11.0. The monoisotopic (exact) mass is 349 g/mol. The van der Waals surface area contributed by atoms with Gasteiger partial charge in [-0.15, -0.1) is 0 Å². The van der Waals surface area contributed by atoms with E-state index in [-0.39, 0.29) is 12.5 Å². The number of anilines is 1. The van der Waals surface area contributed by atoms with Crippen molar-refractivity contribution in [2.24, 2.45) is 0 Å². The maximum atomic E-state index is 12.7. The topological polar surface area (TPSA) is 57.6 Å². The number of hydrogen-bond donors (Lipinski definition) is 1. The highest BCUT2D eigenvalue weighted by Crippen LogP contribution is 2.39. The zero-order chi connectivity index (χ0) is 16.6. The SMILES string of the molecule is O=C(O)CN1C(=O)C(Cc2ccc(Cl)c(Cl)c2)c2ccccc21. The van der Waals surface area contributed by atoms with Crippen LogP contribution in [-0.2, 0) is 16.0 Å². The number of carboxylic acids is 1. The van der Waals surface area contributed by atoms with Gasteiger partial charge < -0.3 is 10.0 Å². The molecule has 1 aliphatic rings. The highest BCUT2D eigenvalue weighted by molar-refractivity contribution is 6.42. The number of carbonyl (C=O) groups excluding carboxylic acids is 1. The highest BCUT2D eigenvalue weighted by atomic mass is 35.5. The van der Waals surface area contributed by atoms with E-state index in [1.54, 1.807) is 24.3 Å². The molecule has 1 atom stereocenters. The summed E-state index contributed by atoms with van der Waals surface area (Å²) in [5.74, 6) is -1.66. The number of hydrogen-bond acceptors (Lipinski definition) is 2. The van der Waals surface area contributed by atoms with E-state index < -0.39 is 11.9 Å². The number of aliphatic carboxylic acids is 1. The Labute approximate surface area is 143 Å². The fraction of sp³-hybridized carbons (Fsp3) is 0.176. The average Bonchev–Trinajstić information content (AvgIpc) is 2.76. The van der Waals surface area contributed by atoms with Crippen LogP contribution in [0.1, 0.15) is 17.0 Å².